The predicted molar refractivity (Wildman–Crippen MR) is 60.3 cm³/mol. The summed E-state index contributed by atoms with van der Waals surface area (Å²) in [6, 6.07) is 9.51. The zero-order chi connectivity index (χ0) is 11.5. The van der Waals surface area contributed by atoms with Crippen LogP contribution in [-0.2, 0) is 9.59 Å². The molecule has 1 aromatic carbocycles. The van der Waals surface area contributed by atoms with Crippen molar-refractivity contribution in [3.63, 3.8) is 0 Å². The van der Waals surface area contributed by atoms with Crippen molar-refractivity contribution in [3.05, 3.63) is 47.7 Å². The Hall–Kier alpha value is -0.264. The van der Waals surface area contributed by atoms with Gasteiger partial charge in [-0.05, 0) is 11.5 Å². The van der Waals surface area contributed by atoms with Crippen molar-refractivity contribution < 1.29 is 67.5 Å². The molecule has 0 aliphatic heterocycles. The van der Waals surface area contributed by atoms with Crippen LogP contribution < -0.4 is 51.4 Å². The molecule has 0 spiro atoms. The molecule has 1 fully saturated rings. The van der Waals surface area contributed by atoms with Crippen molar-refractivity contribution in [2.45, 2.75) is 18.8 Å². The Morgan fingerprint density at radius 2 is 1.65 bits per heavy atom. The fraction of sp³-hybridized carbons (Fsp3) is 0.231. The van der Waals surface area contributed by atoms with Gasteiger partial charge in [0.25, 0.3) is 0 Å². The zero-order valence-corrected chi connectivity index (χ0v) is 12.8. The van der Waals surface area contributed by atoms with E-state index in [9.17, 15) is 9.59 Å². The van der Waals surface area contributed by atoms with Gasteiger partial charge in [0.15, 0.2) is 11.6 Å². The Morgan fingerprint density at radius 1 is 1.12 bits per heavy atom. The molecule has 0 aromatic heterocycles. The third kappa shape index (κ3) is 3.36. The molecule has 1 saturated carbocycles. The largest absolute Gasteiger partial charge is 1.00 e. The van der Waals surface area contributed by atoms with Gasteiger partial charge in [-0.2, -0.15) is 0 Å². The first-order chi connectivity index (χ1) is 7.72. The van der Waals surface area contributed by atoms with Crippen LogP contribution in [0.1, 0.15) is 25.7 Å². The van der Waals surface area contributed by atoms with Crippen molar-refractivity contribution in [2.24, 2.45) is 0 Å². The summed E-state index contributed by atoms with van der Waals surface area (Å²) in [5, 5.41) is 8.78. The number of aliphatic hydroxyl groups is 1. The van der Waals surface area contributed by atoms with Crippen molar-refractivity contribution in [2.75, 3.05) is 0 Å². The number of allylic oxidation sites excluding steroid dienone is 1. The predicted octanol–water partition coefficient (Wildman–Crippen LogP) is -0.739. The molecule has 0 radical (unpaired) electrons. The number of hydrogen-bond donors (Lipinski definition) is 1. The molecule has 1 N–H and O–H groups in total. The van der Waals surface area contributed by atoms with Gasteiger partial charge in [-0.25, -0.2) is 0 Å². The molecule has 17 heavy (non-hydrogen) atoms. The van der Waals surface area contributed by atoms with E-state index in [2.05, 4.69) is 0 Å². The van der Waals surface area contributed by atoms with Crippen LogP contribution in [0.5, 0.6) is 0 Å². The summed E-state index contributed by atoms with van der Waals surface area (Å²) in [5.41, 5.74) is 0.938. The van der Waals surface area contributed by atoms with Crippen LogP contribution in [0, 0.1) is 0 Å². The molecule has 84 valence electrons. The van der Waals surface area contributed by atoms with Crippen molar-refractivity contribution in [1.29, 1.82) is 0 Å². The third-order valence-corrected chi connectivity index (χ3v) is 2.86. The minimum atomic E-state index is -0.271. The van der Waals surface area contributed by atoms with E-state index in [-0.39, 0.29) is 75.9 Å². The number of Topliss-reactive ketones (excluding diaryl/α,β-unsaturated/α-hetero) is 2. The summed E-state index contributed by atoms with van der Waals surface area (Å²) in [6.45, 7) is 0. The summed E-state index contributed by atoms with van der Waals surface area (Å²) >= 11 is 0. The summed E-state index contributed by atoms with van der Waals surface area (Å²) in [7, 11) is 0. The molecule has 4 heteroatoms. The molecule has 0 saturated heterocycles. The molecule has 0 amide bonds. The number of rotatable bonds is 1. The Bertz CT molecular complexity index is 437. The average molecular weight is 256 g/mol. The smallest absolute Gasteiger partial charge is 1.00 e. The van der Waals surface area contributed by atoms with Crippen molar-refractivity contribution in [3.8, 4) is 0 Å². The van der Waals surface area contributed by atoms with E-state index < -0.39 is 0 Å². The van der Waals surface area contributed by atoms with Gasteiger partial charge >= 0.3 is 51.4 Å². The maximum Gasteiger partial charge on any atom is 1.00 e. The fourth-order valence-corrected chi connectivity index (χ4v) is 2.00. The van der Waals surface area contributed by atoms with Gasteiger partial charge < -0.3 is 6.53 Å². The Kier molecular flexibility index (Phi) is 5.75. The van der Waals surface area contributed by atoms with Gasteiger partial charge in [0.2, 0.25) is 0 Å². The Morgan fingerprint density at radius 3 is 2.12 bits per heavy atom. The molecule has 1 aliphatic rings. The quantitative estimate of drug-likeness (QED) is 0.312. The molecule has 0 heterocycles. The van der Waals surface area contributed by atoms with E-state index in [0.717, 1.165) is 5.56 Å². The molecule has 3 nitrogen and oxygen atoms in total. The van der Waals surface area contributed by atoms with Crippen molar-refractivity contribution in [1.82, 2.24) is 0 Å². The minimum absolute atomic E-state index is 0. The van der Waals surface area contributed by atoms with Crippen LogP contribution in [0.3, 0.4) is 0 Å². The first-order valence-corrected chi connectivity index (χ1v) is 5.18. The number of aliphatic hydroxyl groups excluding tert-OH is 1. The van der Waals surface area contributed by atoms with Gasteiger partial charge in [-0.15, -0.1) is 0 Å². The fourth-order valence-electron chi connectivity index (χ4n) is 2.00. The normalized spacial score (nSPS) is 19.8. The summed E-state index contributed by atoms with van der Waals surface area (Å²) < 4.78 is 0. The van der Waals surface area contributed by atoms with E-state index in [0.29, 0.717) is 19.1 Å². The van der Waals surface area contributed by atoms with Gasteiger partial charge in [-0.3, -0.25) is 9.59 Å². The number of hydrogen-bond acceptors (Lipinski definition) is 3. The topological polar surface area (TPSA) is 54.4 Å². The average Bonchev–Trinajstić information content (AvgIpc) is 2.30. The Balaban J connectivity index is 0.00000144. The van der Waals surface area contributed by atoms with Crippen LogP contribution in [0.2, 0.25) is 0 Å². The van der Waals surface area contributed by atoms with Gasteiger partial charge in [0, 0.05) is 12.8 Å². The monoisotopic (exact) mass is 256 g/mol. The molecule has 0 bridgehead atoms. The van der Waals surface area contributed by atoms with E-state index in [1.807, 2.05) is 30.3 Å². The van der Waals surface area contributed by atoms with Crippen LogP contribution >= 0.6 is 0 Å². The van der Waals surface area contributed by atoms with Crippen LogP contribution in [0.4, 0.5) is 0 Å². The first kappa shape index (κ1) is 14.8. The number of benzene rings is 1. The van der Waals surface area contributed by atoms with Crippen LogP contribution in [-0.4, -0.2) is 16.7 Å². The van der Waals surface area contributed by atoms with Gasteiger partial charge in [0.1, 0.15) is 0 Å². The second-order valence-corrected chi connectivity index (χ2v) is 3.90. The van der Waals surface area contributed by atoms with Crippen molar-refractivity contribution >= 4 is 11.6 Å². The summed E-state index contributed by atoms with van der Waals surface area (Å²) in [6.07, 6.45) is 1.22. The number of carbonyl (C=O) groups excluding carboxylic acids is 2. The third-order valence-electron chi connectivity index (χ3n) is 2.86. The van der Waals surface area contributed by atoms with Gasteiger partial charge in [-0.1, -0.05) is 30.3 Å². The number of carbonyl (C=O) groups is 2. The molecule has 0 unspecified atom stereocenters. The van der Waals surface area contributed by atoms with E-state index in [1.54, 1.807) is 0 Å². The number of ketones is 2. The zero-order valence-electron chi connectivity index (χ0n) is 10.7. The van der Waals surface area contributed by atoms with Crippen LogP contribution in [0.25, 0.3) is 0 Å². The second kappa shape index (κ2) is 6.61. The van der Waals surface area contributed by atoms with E-state index >= 15 is 0 Å². The molecular weight excluding hydrogens is 243 g/mol. The Labute approximate surface area is 144 Å². The van der Waals surface area contributed by atoms with E-state index in [4.69, 9.17) is 5.11 Å². The molecule has 1 aliphatic carbocycles. The molecule has 1 aromatic rings. The minimum Gasteiger partial charge on any atom is -1.00 e. The van der Waals surface area contributed by atoms with Gasteiger partial charge in [0.05, 0.1) is 11.8 Å². The van der Waals surface area contributed by atoms with E-state index in [1.165, 1.54) is 0 Å². The molecule has 0 atom stereocenters. The van der Waals surface area contributed by atoms with Crippen LogP contribution in [0.15, 0.2) is 42.2 Å². The molecular formula is C13H13KO3. The maximum atomic E-state index is 11.6. The standard InChI is InChI=1S/C13H12O3.K.H/c14-8-11-12(15)6-10(7-13(11)16)9-4-2-1-3-5-9;;/h1-5,8,10,14H,6-7H2;;/q;+1;-1. The first-order valence-electron chi connectivity index (χ1n) is 5.18. The molecule has 2 rings (SSSR count). The maximum absolute atomic E-state index is 11.6. The summed E-state index contributed by atoms with van der Waals surface area (Å²) in [4.78, 5) is 23.1. The second-order valence-electron chi connectivity index (χ2n) is 3.90. The summed E-state index contributed by atoms with van der Waals surface area (Å²) in [5.74, 6) is -0.592. The SMILES string of the molecule is O=C1CC(c2ccccc2)CC(=O)C1=CO.[H-].[K+].